The first-order chi connectivity index (χ1) is 13.1. The van der Waals surface area contributed by atoms with Crippen LogP contribution in [0.15, 0.2) is 23.7 Å². The molecule has 0 N–H and O–H groups in total. The van der Waals surface area contributed by atoms with Crippen molar-refractivity contribution in [1.82, 2.24) is 9.88 Å². The predicted octanol–water partition coefficient (Wildman–Crippen LogP) is 5.00. The first-order valence-corrected chi connectivity index (χ1v) is 10.7. The van der Waals surface area contributed by atoms with Crippen LogP contribution in [0, 0.1) is 0 Å². The van der Waals surface area contributed by atoms with E-state index in [0.29, 0.717) is 47.8 Å². The van der Waals surface area contributed by atoms with Gasteiger partial charge >= 0.3 is 0 Å². The summed E-state index contributed by atoms with van der Waals surface area (Å²) in [5.41, 5.74) is 0.534. The van der Waals surface area contributed by atoms with E-state index in [1.54, 1.807) is 23.5 Å². The van der Waals surface area contributed by atoms with E-state index in [1.807, 2.05) is 30.3 Å². The third-order valence-corrected chi connectivity index (χ3v) is 5.73. The van der Waals surface area contributed by atoms with Crippen LogP contribution in [0.5, 0.6) is 11.5 Å². The highest BCUT2D eigenvalue weighted by Gasteiger charge is 2.28. The summed E-state index contributed by atoms with van der Waals surface area (Å²) in [6.45, 7) is 6.38. The molecule has 27 heavy (non-hydrogen) atoms. The number of amides is 1. The maximum absolute atomic E-state index is 13.1. The Morgan fingerprint density at radius 2 is 2.22 bits per heavy atom. The van der Waals surface area contributed by atoms with E-state index in [2.05, 4.69) is 4.98 Å². The van der Waals surface area contributed by atoms with Crippen LogP contribution in [0.1, 0.15) is 54.4 Å². The van der Waals surface area contributed by atoms with Gasteiger partial charge < -0.3 is 14.4 Å². The molecule has 1 atom stereocenters. The number of ether oxygens (including phenoxy) is 2. The third-order valence-electron chi connectivity index (χ3n) is 4.52. The summed E-state index contributed by atoms with van der Waals surface area (Å²) in [5.74, 6) is 1.31. The van der Waals surface area contributed by atoms with Crippen LogP contribution < -0.4 is 9.47 Å². The predicted molar refractivity (Wildman–Crippen MR) is 108 cm³/mol. The maximum Gasteiger partial charge on any atom is 0.254 e. The van der Waals surface area contributed by atoms with Gasteiger partial charge in [0.25, 0.3) is 5.91 Å². The summed E-state index contributed by atoms with van der Waals surface area (Å²) in [6, 6.07) is 3.43. The molecular formula is C20H25ClN2O3S. The van der Waals surface area contributed by atoms with Crippen LogP contribution in [-0.4, -0.2) is 42.1 Å². The molecule has 1 aliphatic rings. The molecule has 1 amide bonds. The lowest BCUT2D eigenvalue weighted by Gasteiger charge is -2.32. The first kappa shape index (κ1) is 20.0. The molecule has 1 fully saturated rings. The molecule has 1 unspecified atom stereocenters. The second-order valence-corrected chi connectivity index (χ2v) is 7.86. The highest BCUT2D eigenvalue weighted by molar-refractivity contribution is 7.09. The van der Waals surface area contributed by atoms with Gasteiger partial charge in [-0.1, -0.05) is 18.5 Å². The van der Waals surface area contributed by atoms with Gasteiger partial charge in [-0.25, -0.2) is 4.98 Å². The average Bonchev–Trinajstić information content (AvgIpc) is 3.22. The second-order valence-electron chi connectivity index (χ2n) is 6.53. The SMILES string of the molecule is CCCOc1c(Cl)cc(C(=O)N2CCCC(c3nccs3)C2)cc1OCC. The summed E-state index contributed by atoms with van der Waals surface area (Å²) in [7, 11) is 0. The van der Waals surface area contributed by atoms with Crippen molar-refractivity contribution in [2.45, 2.75) is 39.0 Å². The van der Waals surface area contributed by atoms with Crippen LogP contribution in [0.2, 0.25) is 5.02 Å². The number of rotatable bonds is 7. The number of aromatic nitrogens is 1. The third kappa shape index (κ3) is 4.74. The summed E-state index contributed by atoms with van der Waals surface area (Å²) in [6.07, 6.45) is 4.73. The van der Waals surface area contributed by atoms with Crippen molar-refractivity contribution in [2.75, 3.05) is 26.3 Å². The molecule has 2 aromatic rings. The Morgan fingerprint density at radius 3 is 2.93 bits per heavy atom. The summed E-state index contributed by atoms with van der Waals surface area (Å²) < 4.78 is 11.4. The number of hydrogen-bond donors (Lipinski definition) is 0. The van der Waals surface area contributed by atoms with Crippen molar-refractivity contribution >= 4 is 28.8 Å². The average molecular weight is 409 g/mol. The van der Waals surface area contributed by atoms with Crippen molar-refractivity contribution in [3.8, 4) is 11.5 Å². The van der Waals surface area contributed by atoms with Crippen molar-refractivity contribution in [3.63, 3.8) is 0 Å². The number of nitrogens with zero attached hydrogens (tertiary/aromatic N) is 2. The highest BCUT2D eigenvalue weighted by Crippen LogP contribution is 2.38. The zero-order chi connectivity index (χ0) is 19.2. The monoisotopic (exact) mass is 408 g/mol. The van der Waals surface area contributed by atoms with Crippen molar-refractivity contribution in [3.05, 3.63) is 39.3 Å². The summed E-state index contributed by atoms with van der Waals surface area (Å²) in [5, 5.41) is 3.49. The van der Waals surface area contributed by atoms with Crippen LogP contribution in [0.25, 0.3) is 0 Å². The minimum absolute atomic E-state index is 0.0267. The molecule has 0 bridgehead atoms. The van der Waals surface area contributed by atoms with Crippen LogP contribution in [0.4, 0.5) is 0 Å². The molecule has 0 aliphatic carbocycles. The van der Waals surface area contributed by atoms with Gasteiger partial charge in [0, 0.05) is 36.1 Å². The largest absolute Gasteiger partial charge is 0.490 e. The number of thiazole rings is 1. The molecule has 1 aromatic carbocycles. The minimum Gasteiger partial charge on any atom is -0.490 e. The van der Waals surface area contributed by atoms with Gasteiger partial charge in [-0.3, -0.25) is 4.79 Å². The van der Waals surface area contributed by atoms with Gasteiger partial charge in [0.05, 0.1) is 23.2 Å². The number of halogens is 1. The Bertz CT molecular complexity index is 767. The van der Waals surface area contributed by atoms with Crippen molar-refractivity contribution in [1.29, 1.82) is 0 Å². The Morgan fingerprint density at radius 1 is 1.37 bits per heavy atom. The lowest BCUT2D eigenvalue weighted by molar-refractivity contribution is 0.0706. The van der Waals surface area contributed by atoms with Gasteiger partial charge in [0.2, 0.25) is 0 Å². The minimum atomic E-state index is -0.0267. The van der Waals surface area contributed by atoms with E-state index in [0.717, 1.165) is 30.8 Å². The molecule has 7 heteroatoms. The Balaban J connectivity index is 1.81. The first-order valence-electron chi connectivity index (χ1n) is 9.41. The van der Waals surface area contributed by atoms with E-state index in [9.17, 15) is 4.79 Å². The van der Waals surface area contributed by atoms with E-state index < -0.39 is 0 Å². The molecule has 2 heterocycles. The van der Waals surface area contributed by atoms with Gasteiger partial charge in [-0.15, -0.1) is 11.3 Å². The molecule has 0 spiro atoms. The van der Waals surface area contributed by atoms with Crippen molar-refractivity contribution < 1.29 is 14.3 Å². The molecule has 1 saturated heterocycles. The van der Waals surface area contributed by atoms with Gasteiger partial charge in [0.15, 0.2) is 11.5 Å². The zero-order valence-electron chi connectivity index (χ0n) is 15.7. The van der Waals surface area contributed by atoms with E-state index in [1.165, 1.54) is 0 Å². The summed E-state index contributed by atoms with van der Waals surface area (Å²) in [4.78, 5) is 19.4. The smallest absolute Gasteiger partial charge is 0.254 e. The van der Waals surface area contributed by atoms with E-state index in [4.69, 9.17) is 21.1 Å². The van der Waals surface area contributed by atoms with E-state index in [-0.39, 0.29) is 5.91 Å². The number of carbonyl (C=O) groups excluding carboxylic acids is 1. The van der Waals surface area contributed by atoms with Gasteiger partial charge in [0.1, 0.15) is 0 Å². The fourth-order valence-corrected chi connectivity index (χ4v) is 4.31. The quantitative estimate of drug-likeness (QED) is 0.646. The number of likely N-dealkylation sites (tertiary alicyclic amines) is 1. The number of carbonyl (C=O) groups is 1. The standard InChI is InChI=1S/C20H25ClN2O3S/c1-3-9-26-18-16(21)11-15(12-17(18)25-4-2)20(24)23-8-5-6-14(13-23)19-22-7-10-27-19/h7,10-12,14H,3-6,8-9,13H2,1-2H3. The lowest BCUT2D eigenvalue weighted by Crippen LogP contribution is -2.39. The van der Waals surface area contributed by atoms with Crippen LogP contribution in [-0.2, 0) is 0 Å². The fourth-order valence-electron chi connectivity index (χ4n) is 3.28. The number of benzene rings is 1. The maximum atomic E-state index is 13.1. The van der Waals surface area contributed by atoms with Gasteiger partial charge in [-0.05, 0) is 38.3 Å². The Kier molecular flexibility index (Phi) is 6.96. The topological polar surface area (TPSA) is 51.7 Å². The van der Waals surface area contributed by atoms with Crippen molar-refractivity contribution in [2.24, 2.45) is 0 Å². The molecule has 0 radical (unpaired) electrons. The molecule has 3 rings (SSSR count). The number of piperidine rings is 1. The number of hydrogen-bond acceptors (Lipinski definition) is 5. The van der Waals surface area contributed by atoms with Crippen LogP contribution >= 0.6 is 22.9 Å². The van der Waals surface area contributed by atoms with E-state index >= 15 is 0 Å². The Hall–Kier alpha value is -1.79. The molecule has 5 nitrogen and oxygen atoms in total. The summed E-state index contributed by atoms with van der Waals surface area (Å²) >= 11 is 8.07. The molecule has 146 valence electrons. The Labute approximate surface area is 169 Å². The highest BCUT2D eigenvalue weighted by atomic mass is 35.5. The zero-order valence-corrected chi connectivity index (χ0v) is 17.3. The molecular weight excluding hydrogens is 384 g/mol. The molecule has 1 aromatic heterocycles. The lowest BCUT2D eigenvalue weighted by atomic mass is 9.98. The molecule has 1 aliphatic heterocycles. The normalized spacial score (nSPS) is 17.0. The second kappa shape index (κ2) is 9.42. The fraction of sp³-hybridized carbons (Fsp3) is 0.500. The molecule has 0 saturated carbocycles. The van der Waals surface area contributed by atoms with Gasteiger partial charge in [-0.2, -0.15) is 0 Å². The van der Waals surface area contributed by atoms with Crippen LogP contribution in [0.3, 0.4) is 0 Å².